The molecule has 2 N–H and O–H groups in total. The maximum absolute atomic E-state index is 11.3. The Morgan fingerprint density at radius 1 is 0.452 bits per heavy atom. The summed E-state index contributed by atoms with van der Waals surface area (Å²) in [4.78, 5) is 29.5. The molecule has 4 aromatic heterocycles. The summed E-state index contributed by atoms with van der Waals surface area (Å²) in [6, 6.07) is 47.8. The molecule has 0 amide bonds. The lowest BCUT2D eigenvalue weighted by Crippen LogP contribution is -2.07. The molecule has 10 nitrogen and oxygen atoms in total. The largest absolute Gasteiger partial charge is 0.472 e. The van der Waals surface area contributed by atoms with Gasteiger partial charge in [0, 0.05) is 39.3 Å². The Balaban J connectivity index is 0.000000127. The number of hydrogen-bond donors (Lipinski definition) is 2. The normalized spacial score (nSPS) is 10.5. The van der Waals surface area contributed by atoms with Crippen molar-refractivity contribution in [3.8, 4) is 11.8 Å². The Bertz CT molecular complexity index is 2970. The first-order valence-corrected chi connectivity index (χ1v) is 20.2. The molecule has 0 aliphatic carbocycles. The number of hydrogen-bond acceptors (Lipinski definition) is 8. The molecular formula is C52H46N6O4. The number of H-pyrrole nitrogens is 2. The summed E-state index contributed by atoms with van der Waals surface area (Å²) in [7, 11) is 0. The van der Waals surface area contributed by atoms with Crippen molar-refractivity contribution < 1.29 is 9.47 Å². The van der Waals surface area contributed by atoms with Crippen LogP contribution in [0.4, 0.5) is 0 Å². The molecule has 6 aromatic carbocycles. The molecule has 0 bridgehead atoms. The smallest absolute Gasteiger partial charge is 0.272 e. The number of nitrogens with zero attached hydrogens (tertiary/aromatic N) is 4. The molecule has 10 aromatic rings. The highest BCUT2D eigenvalue weighted by Crippen LogP contribution is 2.27. The second-order valence-electron chi connectivity index (χ2n) is 14.6. The van der Waals surface area contributed by atoms with Gasteiger partial charge < -0.3 is 14.5 Å². The SMILES string of the molecule is Cc1cccc2c(=O)[nH]ccc12.Cc1cccc2c(=O)[nH]ncc12.Cc1cccc2c(OCc3ccccc3)nccc12.Cc1cccc2c(OCc3ccccc3)nncc12. The molecule has 0 aliphatic heterocycles. The molecule has 62 heavy (non-hydrogen) atoms. The highest BCUT2D eigenvalue weighted by atomic mass is 16.5. The summed E-state index contributed by atoms with van der Waals surface area (Å²) in [5, 5.41) is 22.0. The number of aromatic nitrogens is 6. The van der Waals surface area contributed by atoms with Gasteiger partial charge in [0.05, 0.1) is 17.8 Å². The molecule has 0 atom stereocenters. The molecule has 0 aliphatic rings. The van der Waals surface area contributed by atoms with Crippen LogP contribution in [0.2, 0.25) is 0 Å². The van der Waals surface area contributed by atoms with E-state index in [0.717, 1.165) is 54.6 Å². The molecule has 0 unspecified atom stereocenters. The van der Waals surface area contributed by atoms with Gasteiger partial charge in [-0.1, -0.05) is 109 Å². The molecule has 0 radical (unpaired) electrons. The molecule has 0 fully saturated rings. The minimum atomic E-state index is -0.129. The Morgan fingerprint density at radius 2 is 0.935 bits per heavy atom. The van der Waals surface area contributed by atoms with Crippen molar-refractivity contribution in [2.24, 2.45) is 0 Å². The van der Waals surface area contributed by atoms with Gasteiger partial charge in [-0.2, -0.15) is 10.2 Å². The number of aryl methyl sites for hydroxylation is 4. The lowest BCUT2D eigenvalue weighted by molar-refractivity contribution is 0.294. The number of ether oxygens (including phenoxy) is 2. The van der Waals surface area contributed by atoms with Gasteiger partial charge in [0.25, 0.3) is 11.1 Å². The number of fused-ring (bicyclic) bond motifs is 4. The van der Waals surface area contributed by atoms with Crippen LogP contribution < -0.4 is 20.6 Å². The van der Waals surface area contributed by atoms with E-state index in [1.807, 2.05) is 123 Å². The average Bonchev–Trinajstić information content (AvgIpc) is 3.30. The van der Waals surface area contributed by atoms with Gasteiger partial charge >= 0.3 is 0 Å². The van der Waals surface area contributed by atoms with Crippen LogP contribution in [0.1, 0.15) is 33.4 Å². The molecule has 4 heterocycles. The van der Waals surface area contributed by atoms with Crippen molar-refractivity contribution in [3.63, 3.8) is 0 Å². The third-order valence-corrected chi connectivity index (χ3v) is 10.3. The molecule has 10 rings (SSSR count). The number of rotatable bonds is 6. The Hall–Kier alpha value is -7.98. The predicted octanol–water partition coefficient (Wildman–Crippen LogP) is 10.7. The molecule has 0 spiro atoms. The molecule has 10 heteroatoms. The minimum absolute atomic E-state index is 0.0174. The van der Waals surface area contributed by atoms with Crippen LogP contribution in [0.25, 0.3) is 43.1 Å². The predicted molar refractivity (Wildman–Crippen MR) is 249 cm³/mol. The maximum Gasteiger partial charge on any atom is 0.272 e. The lowest BCUT2D eigenvalue weighted by Gasteiger charge is -2.09. The zero-order chi connectivity index (χ0) is 43.3. The van der Waals surface area contributed by atoms with E-state index in [1.54, 1.807) is 30.9 Å². The number of aromatic amines is 2. The summed E-state index contributed by atoms with van der Waals surface area (Å²) < 4.78 is 11.6. The second kappa shape index (κ2) is 20.3. The zero-order valence-electron chi connectivity index (χ0n) is 35.0. The van der Waals surface area contributed by atoms with Gasteiger partial charge in [0.1, 0.15) is 13.2 Å². The van der Waals surface area contributed by atoms with Crippen LogP contribution in [0.15, 0.2) is 180 Å². The molecular weight excluding hydrogens is 773 g/mol. The average molecular weight is 819 g/mol. The highest BCUT2D eigenvalue weighted by Gasteiger charge is 2.07. The summed E-state index contributed by atoms with van der Waals surface area (Å²) >= 11 is 0. The van der Waals surface area contributed by atoms with Crippen molar-refractivity contribution in [3.05, 3.63) is 224 Å². The van der Waals surface area contributed by atoms with Crippen LogP contribution in [-0.4, -0.2) is 30.4 Å². The van der Waals surface area contributed by atoms with E-state index in [9.17, 15) is 9.59 Å². The van der Waals surface area contributed by atoms with Crippen molar-refractivity contribution in [1.82, 2.24) is 30.4 Å². The van der Waals surface area contributed by atoms with Crippen molar-refractivity contribution in [2.75, 3.05) is 0 Å². The number of pyridine rings is 2. The quantitative estimate of drug-likeness (QED) is 0.169. The van der Waals surface area contributed by atoms with Gasteiger partial charge in [0.15, 0.2) is 0 Å². The van der Waals surface area contributed by atoms with E-state index in [2.05, 4.69) is 74.5 Å². The van der Waals surface area contributed by atoms with E-state index in [1.165, 1.54) is 16.5 Å². The van der Waals surface area contributed by atoms with Crippen LogP contribution in [-0.2, 0) is 13.2 Å². The van der Waals surface area contributed by atoms with Gasteiger partial charge in [0.2, 0.25) is 11.8 Å². The molecule has 308 valence electrons. The first-order valence-electron chi connectivity index (χ1n) is 20.2. The third kappa shape index (κ3) is 10.4. The summed E-state index contributed by atoms with van der Waals surface area (Å²) in [5.41, 5.74) is 6.75. The van der Waals surface area contributed by atoms with Crippen LogP contribution in [0.5, 0.6) is 11.8 Å². The van der Waals surface area contributed by atoms with E-state index in [4.69, 9.17) is 9.47 Å². The first-order chi connectivity index (χ1) is 30.3. The minimum Gasteiger partial charge on any atom is -0.472 e. The van der Waals surface area contributed by atoms with Gasteiger partial charge in [-0.3, -0.25) is 9.59 Å². The fraction of sp³-hybridized carbons (Fsp3) is 0.115. The highest BCUT2D eigenvalue weighted by molar-refractivity contribution is 5.90. The Morgan fingerprint density at radius 3 is 1.50 bits per heavy atom. The van der Waals surface area contributed by atoms with Gasteiger partial charge in [-0.25, -0.2) is 10.1 Å². The summed E-state index contributed by atoms with van der Waals surface area (Å²) in [6.07, 6.45) is 6.93. The lowest BCUT2D eigenvalue weighted by atomic mass is 10.1. The van der Waals surface area contributed by atoms with Crippen molar-refractivity contribution in [1.29, 1.82) is 0 Å². The molecule has 0 saturated heterocycles. The van der Waals surface area contributed by atoms with Crippen molar-refractivity contribution >= 4 is 43.1 Å². The van der Waals surface area contributed by atoms with Crippen LogP contribution in [0, 0.1) is 27.7 Å². The van der Waals surface area contributed by atoms with Crippen LogP contribution in [0.3, 0.4) is 0 Å². The fourth-order valence-electron chi connectivity index (χ4n) is 6.89. The second-order valence-corrected chi connectivity index (χ2v) is 14.6. The Labute approximate surface area is 358 Å². The van der Waals surface area contributed by atoms with Crippen LogP contribution >= 0.6 is 0 Å². The monoisotopic (exact) mass is 818 g/mol. The van der Waals surface area contributed by atoms with Gasteiger partial charge in [-0.15, -0.1) is 5.10 Å². The third-order valence-electron chi connectivity index (χ3n) is 10.3. The topological polar surface area (TPSA) is 136 Å². The standard InChI is InChI=1S/C17H15NO.C16H14N2O.C10H9NO.C9H8N2O/c1-13-6-5-9-16-15(13)10-11-18-17(16)19-12-14-7-3-2-4-8-14;1-12-6-5-9-14-15(12)10-17-18-16(14)19-11-13-7-3-2-4-8-13;1-7-3-2-4-9-8(7)5-6-11-10(9)12;1-6-3-2-4-7-8(6)5-10-11-9(7)12/h2-11H,12H2,1H3;2-10H,11H2,1H3;2-6H,1H3,(H,11,12);2-5H,1H3,(H,11,12). The first kappa shape index (κ1) is 42.2. The van der Waals surface area contributed by atoms with E-state index in [0.29, 0.717) is 30.4 Å². The van der Waals surface area contributed by atoms with Crippen molar-refractivity contribution in [2.45, 2.75) is 40.9 Å². The number of benzene rings is 6. The summed E-state index contributed by atoms with van der Waals surface area (Å²) in [6.45, 7) is 9.17. The maximum atomic E-state index is 11.3. The summed E-state index contributed by atoms with van der Waals surface area (Å²) in [5.74, 6) is 1.29. The Kier molecular flexibility index (Phi) is 13.8. The van der Waals surface area contributed by atoms with E-state index < -0.39 is 0 Å². The fourth-order valence-corrected chi connectivity index (χ4v) is 6.89. The molecule has 0 saturated carbocycles. The van der Waals surface area contributed by atoms with E-state index >= 15 is 0 Å². The number of nitrogens with one attached hydrogen (secondary N) is 2. The zero-order valence-corrected chi connectivity index (χ0v) is 35.0. The van der Waals surface area contributed by atoms with Gasteiger partial charge in [-0.05, 0) is 108 Å². The van der Waals surface area contributed by atoms with E-state index in [-0.39, 0.29) is 11.1 Å².